The Morgan fingerprint density at radius 1 is 1.30 bits per heavy atom. The zero-order valence-corrected chi connectivity index (χ0v) is 15.6. The van der Waals surface area contributed by atoms with Crippen LogP contribution in [0.1, 0.15) is 11.6 Å². The predicted molar refractivity (Wildman–Crippen MR) is 102 cm³/mol. The number of para-hydroxylation sites is 2. The van der Waals surface area contributed by atoms with E-state index in [0.717, 1.165) is 16.2 Å². The number of fused-ring (bicyclic) bond motifs is 1. The van der Waals surface area contributed by atoms with Gasteiger partial charge in [0, 0.05) is 33.1 Å². The third-order valence-corrected chi connectivity index (χ3v) is 5.30. The lowest BCUT2D eigenvalue weighted by Gasteiger charge is -2.34. The van der Waals surface area contributed by atoms with E-state index in [0.29, 0.717) is 49.4 Å². The van der Waals surface area contributed by atoms with Gasteiger partial charge in [0.2, 0.25) is 17.5 Å². The van der Waals surface area contributed by atoms with Crippen molar-refractivity contribution < 1.29 is 9.21 Å². The first kappa shape index (κ1) is 17.4. The molecule has 4 rings (SSSR count). The Morgan fingerprint density at radius 3 is 2.81 bits per heavy atom. The van der Waals surface area contributed by atoms with Crippen LogP contribution in [0, 0.1) is 18.3 Å². The number of carbonyl (C=O) groups excluding carboxylic acids is 1. The van der Waals surface area contributed by atoms with E-state index in [1.54, 1.807) is 6.92 Å². The van der Waals surface area contributed by atoms with Crippen molar-refractivity contribution in [3.05, 3.63) is 35.9 Å². The number of hydrogen-bond donors (Lipinski definition) is 1. The number of benzene rings is 1. The van der Waals surface area contributed by atoms with Crippen molar-refractivity contribution in [1.29, 1.82) is 5.26 Å². The van der Waals surface area contributed by atoms with Gasteiger partial charge in [0.1, 0.15) is 6.07 Å². The molecule has 1 aromatic carbocycles. The molecule has 0 radical (unpaired) electrons. The second-order valence-electron chi connectivity index (χ2n) is 6.21. The van der Waals surface area contributed by atoms with Crippen LogP contribution in [0.15, 0.2) is 33.8 Å². The lowest BCUT2D eigenvalue weighted by Crippen LogP contribution is -2.49. The number of amides is 1. The number of oxazole rings is 1. The normalized spacial score (nSPS) is 14.5. The molecule has 1 aliphatic heterocycles. The smallest absolute Gasteiger partial charge is 0.234 e. The number of anilines is 1. The maximum absolute atomic E-state index is 12.5. The molecule has 3 aromatic rings. The third-order valence-electron chi connectivity index (χ3n) is 4.44. The zero-order chi connectivity index (χ0) is 18.8. The fourth-order valence-electron chi connectivity index (χ4n) is 3.08. The van der Waals surface area contributed by atoms with Gasteiger partial charge in [0.15, 0.2) is 11.0 Å². The maximum atomic E-state index is 12.5. The van der Waals surface area contributed by atoms with E-state index in [1.807, 2.05) is 34.1 Å². The standard InChI is InChI=1S/C18H18N6O2S/c1-12-20-15(10-19)17(26-12)24-8-6-23(7-9-24)16(25)11-27-18-21-13-4-2-3-5-14(13)22-18/h2-5H,6-9,11H2,1H3,(H,21,22). The predicted octanol–water partition coefficient (Wildman–Crippen LogP) is 2.17. The molecular formula is C18H18N6O2S. The quantitative estimate of drug-likeness (QED) is 0.690. The van der Waals surface area contributed by atoms with Crippen LogP contribution < -0.4 is 4.90 Å². The van der Waals surface area contributed by atoms with E-state index in [4.69, 9.17) is 9.68 Å². The van der Waals surface area contributed by atoms with E-state index in [9.17, 15) is 4.79 Å². The summed E-state index contributed by atoms with van der Waals surface area (Å²) < 4.78 is 5.55. The Labute approximate surface area is 160 Å². The van der Waals surface area contributed by atoms with Crippen LogP contribution in [0.4, 0.5) is 5.88 Å². The van der Waals surface area contributed by atoms with Crippen molar-refractivity contribution in [2.75, 3.05) is 36.8 Å². The third kappa shape index (κ3) is 3.61. The van der Waals surface area contributed by atoms with Crippen LogP contribution in [0.25, 0.3) is 11.0 Å². The van der Waals surface area contributed by atoms with Crippen molar-refractivity contribution in [3.63, 3.8) is 0 Å². The number of aromatic amines is 1. The van der Waals surface area contributed by atoms with Crippen LogP contribution in [0.5, 0.6) is 0 Å². The van der Waals surface area contributed by atoms with E-state index in [2.05, 4.69) is 21.0 Å². The summed E-state index contributed by atoms with van der Waals surface area (Å²) in [5, 5.41) is 9.91. The van der Waals surface area contributed by atoms with Gasteiger partial charge in [-0.2, -0.15) is 5.26 Å². The first-order valence-electron chi connectivity index (χ1n) is 8.62. The second-order valence-corrected chi connectivity index (χ2v) is 7.18. The van der Waals surface area contributed by atoms with E-state index in [1.165, 1.54) is 11.8 Å². The summed E-state index contributed by atoms with van der Waals surface area (Å²) in [4.78, 5) is 28.1. The van der Waals surface area contributed by atoms with Gasteiger partial charge < -0.3 is 19.2 Å². The Kier molecular flexibility index (Phi) is 4.73. The average Bonchev–Trinajstić information content (AvgIpc) is 3.28. The van der Waals surface area contributed by atoms with Gasteiger partial charge in [-0.25, -0.2) is 9.97 Å². The first-order valence-corrected chi connectivity index (χ1v) is 9.60. The molecule has 0 aliphatic carbocycles. The van der Waals surface area contributed by atoms with Gasteiger partial charge in [0.25, 0.3) is 0 Å². The Morgan fingerprint density at radius 2 is 2.07 bits per heavy atom. The fourth-order valence-corrected chi connectivity index (χ4v) is 3.87. The van der Waals surface area contributed by atoms with E-state index >= 15 is 0 Å². The van der Waals surface area contributed by atoms with Crippen molar-refractivity contribution in [1.82, 2.24) is 19.9 Å². The summed E-state index contributed by atoms with van der Waals surface area (Å²) in [5.74, 6) is 1.39. The summed E-state index contributed by atoms with van der Waals surface area (Å²) in [6, 6.07) is 9.86. The highest BCUT2D eigenvalue weighted by molar-refractivity contribution is 7.99. The molecule has 0 spiro atoms. The largest absolute Gasteiger partial charge is 0.424 e. The van der Waals surface area contributed by atoms with Gasteiger partial charge >= 0.3 is 0 Å². The van der Waals surface area contributed by atoms with Gasteiger partial charge in [0.05, 0.1) is 16.8 Å². The molecule has 8 nitrogen and oxygen atoms in total. The topological polar surface area (TPSA) is 102 Å². The van der Waals surface area contributed by atoms with Crippen LogP contribution in [0.3, 0.4) is 0 Å². The first-order chi connectivity index (χ1) is 13.1. The van der Waals surface area contributed by atoms with Crippen molar-refractivity contribution in [3.8, 4) is 6.07 Å². The minimum Gasteiger partial charge on any atom is -0.424 e. The average molecular weight is 382 g/mol. The zero-order valence-electron chi connectivity index (χ0n) is 14.8. The molecule has 27 heavy (non-hydrogen) atoms. The number of aromatic nitrogens is 3. The molecule has 0 saturated carbocycles. The number of aryl methyl sites for hydroxylation is 1. The molecule has 3 heterocycles. The number of rotatable bonds is 4. The Hall–Kier alpha value is -2.99. The summed E-state index contributed by atoms with van der Waals surface area (Å²) in [7, 11) is 0. The molecule has 138 valence electrons. The summed E-state index contributed by atoms with van der Waals surface area (Å²) in [6.45, 7) is 4.13. The highest BCUT2D eigenvalue weighted by atomic mass is 32.2. The Bertz CT molecular complexity index is 979. The summed E-state index contributed by atoms with van der Waals surface area (Å²) >= 11 is 1.41. The highest BCUT2D eigenvalue weighted by Gasteiger charge is 2.25. The number of H-pyrrole nitrogens is 1. The summed E-state index contributed by atoms with van der Waals surface area (Å²) in [6.07, 6.45) is 0. The SMILES string of the molecule is Cc1nc(C#N)c(N2CCN(C(=O)CSc3nc4ccccc4[nH]3)CC2)o1. The van der Waals surface area contributed by atoms with Gasteiger partial charge in [-0.15, -0.1) is 0 Å². The monoisotopic (exact) mass is 382 g/mol. The van der Waals surface area contributed by atoms with Crippen LogP contribution >= 0.6 is 11.8 Å². The van der Waals surface area contributed by atoms with Crippen LogP contribution in [0.2, 0.25) is 0 Å². The maximum Gasteiger partial charge on any atom is 0.234 e. The van der Waals surface area contributed by atoms with Gasteiger partial charge in [-0.3, -0.25) is 4.79 Å². The molecule has 1 saturated heterocycles. The minimum absolute atomic E-state index is 0.0781. The van der Waals surface area contributed by atoms with Crippen LogP contribution in [-0.4, -0.2) is 57.7 Å². The number of nitrogens with zero attached hydrogens (tertiary/aromatic N) is 5. The minimum atomic E-state index is 0.0781. The number of piperazine rings is 1. The number of carbonyl (C=O) groups is 1. The number of hydrogen-bond acceptors (Lipinski definition) is 7. The lowest BCUT2D eigenvalue weighted by molar-refractivity contribution is -0.128. The molecule has 1 amide bonds. The Balaban J connectivity index is 1.32. The molecule has 1 aliphatic rings. The van der Waals surface area contributed by atoms with Crippen molar-refractivity contribution in [2.24, 2.45) is 0 Å². The van der Waals surface area contributed by atoms with E-state index in [-0.39, 0.29) is 5.91 Å². The highest BCUT2D eigenvalue weighted by Crippen LogP contribution is 2.23. The number of imidazole rings is 1. The van der Waals surface area contributed by atoms with Crippen molar-refractivity contribution >= 4 is 34.6 Å². The molecular weight excluding hydrogens is 364 g/mol. The van der Waals surface area contributed by atoms with Gasteiger partial charge in [-0.1, -0.05) is 23.9 Å². The number of nitrogens with one attached hydrogen (secondary N) is 1. The second kappa shape index (κ2) is 7.32. The fraction of sp³-hybridized carbons (Fsp3) is 0.333. The molecule has 9 heteroatoms. The molecule has 0 unspecified atom stereocenters. The molecule has 1 N–H and O–H groups in total. The molecule has 0 bridgehead atoms. The van der Waals surface area contributed by atoms with Crippen LogP contribution in [-0.2, 0) is 4.79 Å². The molecule has 1 fully saturated rings. The summed E-state index contributed by atoms with van der Waals surface area (Å²) in [5.41, 5.74) is 2.17. The number of nitriles is 1. The molecule has 2 aromatic heterocycles. The molecule has 0 atom stereocenters. The van der Waals surface area contributed by atoms with Gasteiger partial charge in [-0.05, 0) is 12.1 Å². The van der Waals surface area contributed by atoms with Crippen molar-refractivity contribution in [2.45, 2.75) is 12.1 Å². The number of thioether (sulfide) groups is 1. The lowest BCUT2D eigenvalue weighted by atomic mass is 10.3. The van der Waals surface area contributed by atoms with E-state index < -0.39 is 0 Å².